The smallest absolute Gasteiger partial charge is 0.337 e. The van der Waals surface area contributed by atoms with E-state index in [0.717, 1.165) is 5.56 Å². The van der Waals surface area contributed by atoms with Crippen molar-refractivity contribution in [1.82, 2.24) is 10.7 Å². The molecule has 0 atom stereocenters. The molecule has 0 heterocycles. The average Bonchev–Trinajstić information content (AvgIpc) is 2.72. The van der Waals surface area contributed by atoms with Crippen molar-refractivity contribution >= 4 is 24.0 Å². The topological polar surface area (TPSA) is 106 Å². The molecule has 8 nitrogen and oxygen atoms in total. The van der Waals surface area contributed by atoms with Crippen LogP contribution in [0.2, 0.25) is 0 Å². The predicted molar refractivity (Wildman–Crippen MR) is 98.4 cm³/mol. The van der Waals surface area contributed by atoms with Gasteiger partial charge in [-0.05, 0) is 35.4 Å². The number of carbonyl (C=O) groups excluding carboxylic acids is 3. The van der Waals surface area contributed by atoms with Crippen LogP contribution < -0.4 is 15.5 Å². The molecule has 0 fully saturated rings. The molecule has 0 saturated heterocycles. The lowest BCUT2D eigenvalue weighted by molar-refractivity contribution is -0.139. The predicted octanol–water partition coefficient (Wildman–Crippen LogP) is 1.25. The molecule has 2 aromatic rings. The highest BCUT2D eigenvalue weighted by atomic mass is 16.5. The van der Waals surface area contributed by atoms with Gasteiger partial charge in [0.05, 0.1) is 26.0 Å². The summed E-state index contributed by atoms with van der Waals surface area (Å²) < 4.78 is 9.65. The van der Waals surface area contributed by atoms with Crippen molar-refractivity contribution < 1.29 is 23.9 Å². The van der Waals surface area contributed by atoms with Crippen LogP contribution in [-0.2, 0) is 20.9 Å². The highest BCUT2D eigenvalue weighted by Gasteiger charge is 2.12. The zero-order valence-corrected chi connectivity index (χ0v) is 14.9. The number of amides is 2. The first-order valence-corrected chi connectivity index (χ1v) is 7.96. The van der Waals surface area contributed by atoms with E-state index in [1.165, 1.54) is 13.3 Å². The zero-order chi connectivity index (χ0) is 19.6. The molecule has 0 radical (unpaired) electrons. The molecule has 0 saturated carbocycles. The van der Waals surface area contributed by atoms with Gasteiger partial charge in [0.25, 0.3) is 0 Å². The molecule has 2 N–H and O–H groups in total. The van der Waals surface area contributed by atoms with Gasteiger partial charge in [-0.2, -0.15) is 5.10 Å². The van der Waals surface area contributed by atoms with Crippen molar-refractivity contribution in [2.24, 2.45) is 5.10 Å². The Morgan fingerprint density at radius 3 is 2.22 bits per heavy atom. The molecule has 2 rings (SSSR count). The summed E-state index contributed by atoms with van der Waals surface area (Å²) >= 11 is 0. The number of nitrogens with one attached hydrogen (secondary N) is 2. The van der Waals surface area contributed by atoms with E-state index in [1.54, 1.807) is 55.6 Å². The summed E-state index contributed by atoms with van der Waals surface area (Å²) in [6.45, 7) is 0.203. The number of rotatable bonds is 6. The molecular weight excluding hydrogens is 350 g/mol. The maximum atomic E-state index is 11.8. The number of methoxy groups -OCH3 is 2. The number of hydrogen-bond donors (Lipinski definition) is 2. The summed E-state index contributed by atoms with van der Waals surface area (Å²) in [5.41, 5.74) is 4.01. The Kier molecular flexibility index (Phi) is 7.07. The third kappa shape index (κ3) is 5.96. The van der Waals surface area contributed by atoms with E-state index in [9.17, 15) is 14.4 Å². The Labute approximate surface area is 156 Å². The van der Waals surface area contributed by atoms with Gasteiger partial charge in [0.1, 0.15) is 5.75 Å². The fourth-order valence-electron chi connectivity index (χ4n) is 2.05. The monoisotopic (exact) mass is 369 g/mol. The lowest BCUT2D eigenvalue weighted by Crippen LogP contribution is -2.37. The maximum Gasteiger partial charge on any atom is 0.337 e. The van der Waals surface area contributed by atoms with Gasteiger partial charge in [0.15, 0.2) is 0 Å². The summed E-state index contributed by atoms with van der Waals surface area (Å²) in [7, 11) is 2.86. The normalized spacial score (nSPS) is 10.3. The lowest BCUT2D eigenvalue weighted by atomic mass is 10.1. The van der Waals surface area contributed by atoms with E-state index < -0.39 is 17.8 Å². The minimum Gasteiger partial charge on any atom is -0.497 e. The van der Waals surface area contributed by atoms with Crippen molar-refractivity contribution in [2.45, 2.75) is 6.54 Å². The van der Waals surface area contributed by atoms with Gasteiger partial charge in [0.2, 0.25) is 0 Å². The molecule has 0 aliphatic carbocycles. The fraction of sp³-hybridized carbons (Fsp3) is 0.158. The van der Waals surface area contributed by atoms with Gasteiger partial charge >= 0.3 is 17.8 Å². The van der Waals surface area contributed by atoms with Crippen LogP contribution in [0.3, 0.4) is 0 Å². The highest BCUT2D eigenvalue weighted by molar-refractivity contribution is 6.35. The van der Waals surface area contributed by atoms with E-state index in [1.807, 2.05) is 0 Å². The van der Waals surface area contributed by atoms with E-state index in [2.05, 4.69) is 20.6 Å². The first-order chi connectivity index (χ1) is 13.0. The molecule has 0 bridgehead atoms. The Bertz CT molecular complexity index is 829. The SMILES string of the molecule is COC(=O)c1ccc(/C=N\NC(=O)C(=O)NCc2ccc(OC)cc2)cc1. The summed E-state index contributed by atoms with van der Waals surface area (Å²) in [6.07, 6.45) is 1.36. The van der Waals surface area contributed by atoms with E-state index in [-0.39, 0.29) is 6.54 Å². The second kappa shape index (κ2) is 9.71. The Balaban J connectivity index is 1.80. The molecule has 0 aromatic heterocycles. The van der Waals surface area contributed by atoms with Gasteiger partial charge in [0, 0.05) is 6.54 Å². The molecule has 27 heavy (non-hydrogen) atoms. The molecular formula is C19H19N3O5. The largest absolute Gasteiger partial charge is 0.497 e. The van der Waals surface area contributed by atoms with E-state index in [4.69, 9.17) is 4.74 Å². The highest BCUT2D eigenvalue weighted by Crippen LogP contribution is 2.10. The van der Waals surface area contributed by atoms with E-state index >= 15 is 0 Å². The Morgan fingerprint density at radius 1 is 0.963 bits per heavy atom. The number of hydrazone groups is 1. The van der Waals surface area contributed by atoms with Crippen LogP contribution in [0.25, 0.3) is 0 Å². The van der Waals surface area contributed by atoms with Crippen LogP contribution in [0.1, 0.15) is 21.5 Å². The van der Waals surface area contributed by atoms with Crippen LogP contribution in [0.15, 0.2) is 53.6 Å². The van der Waals surface area contributed by atoms with Gasteiger partial charge < -0.3 is 14.8 Å². The molecule has 0 aliphatic rings. The molecule has 0 aliphatic heterocycles. The molecule has 0 unspecified atom stereocenters. The van der Waals surface area contributed by atoms with Crippen molar-refractivity contribution in [1.29, 1.82) is 0 Å². The standard InChI is InChI=1S/C19H19N3O5/c1-26-16-9-5-13(6-10-16)11-20-17(23)18(24)22-21-12-14-3-7-15(8-4-14)19(25)27-2/h3-10,12H,11H2,1-2H3,(H,20,23)(H,22,24)/b21-12-. The minimum absolute atomic E-state index is 0.203. The van der Waals surface area contributed by atoms with Gasteiger partial charge in [-0.25, -0.2) is 10.2 Å². The van der Waals surface area contributed by atoms with Crippen LogP contribution in [0.5, 0.6) is 5.75 Å². The lowest BCUT2D eigenvalue weighted by Gasteiger charge is -2.05. The second-order valence-electron chi connectivity index (χ2n) is 5.34. The summed E-state index contributed by atoms with van der Waals surface area (Å²) in [6, 6.07) is 13.5. The fourth-order valence-corrected chi connectivity index (χ4v) is 2.05. The average molecular weight is 369 g/mol. The van der Waals surface area contributed by atoms with Crippen LogP contribution in [-0.4, -0.2) is 38.2 Å². The third-order valence-electron chi connectivity index (χ3n) is 3.53. The number of ether oxygens (including phenoxy) is 2. The first-order valence-electron chi connectivity index (χ1n) is 7.96. The summed E-state index contributed by atoms with van der Waals surface area (Å²) in [5, 5.41) is 6.21. The summed E-state index contributed by atoms with van der Waals surface area (Å²) in [5.74, 6) is -1.42. The number of nitrogens with zero attached hydrogens (tertiary/aromatic N) is 1. The van der Waals surface area contributed by atoms with Crippen LogP contribution >= 0.6 is 0 Å². The zero-order valence-electron chi connectivity index (χ0n) is 14.9. The molecule has 2 amide bonds. The Hall–Kier alpha value is -3.68. The van der Waals surface area contributed by atoms with Crippen LogP contribution in [0.4, 0.5) is 0 Å². The van der Waals surface area contributed by atoms with Crippen molar-refractivity contribution in [2.75, 3.05) is 14.2 Å². The van der Waals surface area contributed by atoms with Crippen molar-refractivity contribution in [3.63, 3.8) is 0 Å². The van der Waals surface area contributed by atoms with Crippen molar-refractivity contribution in [3.05, 3.63) is 65.2 Å². The van der Waals surface area contributed by atoms with E-state index in [0.29, 0.717) is 16.9 Å². The summed E-state index contributed by atoms with van der Waals surface area (Å²) in [4.78, 5) is 34.8. The molecule has 0 spiro atoms. The van der Waals surface area contributed by atoms with Crippen LogP contribution in [0, 0.1) is 0 Å². The number of hydrogen-bond acceptors (Lipinski definition) is 6. The maximum absolute atomic E-state index is 11.8. The quantitative estimate of drug-likeness (QED) is 0.345. The van der Waals surface area contributed by atoms with Gasteiger partial charge in [-0.15, -0.1) is 0 Å². The molecule has 140 valence electrons. The van der Waals surface area contributed by atoms with Gasteiger partial charge in [-0.1, -0.05) is 24.3 Å². The number of benzene rings is 2. The minimum atomic E-state index is -0.883. The first kappa shape index (κ1) is 19.6. The second-order valence-corrected chi connectivity index (χ2v) is 5.34. The number of carbonyl (C=O) groups is 3. The Morgan fingerprint density at radius 2 is 1.63 bits per heavy atom. The number of esters is 1. The molecule has 8 heteroatoms. The van der Waals surface area contributed by atoms with Crippen molar-refractivity contribution in [3.8, 4) is 5.75 Å². The van der Waals surface area contributed by atoms with Gasteiger partial charge in [-0.3, -0.25) is 9.59 Å². The molecule has 2 aromatic carbocycles. The third-order valence-corrected chi connectivity index (χ3v) is 3.53.